The van der Waals surface area contributed by atoms with E-state index in [0.29, 0.717) is 6.04 Å². The SMILES string of the molecule is COC(=O)C(C)(CCCCN1CCOCC1C)NC(C)C. The van der Waals surface area contributed by atoms with Gasteiger partial charge in [0.15, 0.2) is 0 Å². The minimum absolute atomic E-state index is 0.170. The fourth-order valence-electron chi connectivity index (χ4n) is 2.98. The van der Waals surface area contributed by atoms with Gasteiger partial charge < -0.3 is 9.47 Å². The molecule has 0 aromatic carbocycles. The predicted molar refractivity (Wildman–Crippen MR) is 84.4 cm³/mol. The van der Waals surface area contributed by atoms with Crippen LogP contribution in [0.1, 0.15) is 47.0 Å². The fraction of sp³-hybridized carbons (Fsp3) is 0.938. The van der Waals surface area contributed by atoms with Crippen molar-refractivity contribution in [2.45, 2.75) is 64.6 Å². The van der Waals surface area contributed by atoms with Crippen LogP contribution in [0.25, 0.3) is 0 Å². The van der Waals surface area contributed by atoms with Crippen LogP contribution in [0.5, 0.6) is 0 Å². The molecule has 0 aromatic rings. The second-order valence-corrected chi connectivity index (χ2v) is 6.54. The maximum absolute atomic E-state index is 12.0. The molecule has 0 saturated carbocycles. The molecule has 1 aliphatic heterocycles. The van der Waals surface area contributed by atoms with Crippen molar-refractivity contribution in [3.05, 3.63) is 0 Å². The van der Waals surface area contributed by atoms with Gasteiger partial charge in [0.25, 0.3) is 0 Å². The van der Waals surface area contributed by atoms with Gasteiger partial charge in [-0.2, -0.15) is 0 Å². The van der Waals surface area contributed by atoms with Gasteiger partial charge in [0.2, 0.25) is 0 Å². The monoisotopic (exact) mass is 300 g/mol. The quantitative estimate of drug-likeness (QED) is 0.547. The lowest BCUT2D eigenvalue weighted by atomic mass is 9.93. The van der Waals surface area contributed by atoms with Crippen molar-refractivity contribution < 1.29 is 14.3 Å². The number of esters is 1. The molecule has 0 amide bonds. The van der Waals surface area contributed by atoms with Crippen LogP contribution in [0.3, 0.4) is 0 Å². The summed E-state index contributed by atoms with van der Waals surface area (Å²) in [5.41, 5.74) is -0.584. The van der Waals surface area contributed by atoms with E-state index in [1.54, 1.807) is 0 Å². The number of hydrogen-bond acceptors (Lipinski definition) is 5. The van der Waals surface area contributed by atoms with E-state index in [9.17, 15) is 4.79 Å². The van der Waals surface area contributed by atoms with Crippen molar-refractivity contribution in [3.63, 3.8) is 0 Å². The molecule has 2 atom stereocenters. The van der Waals surface area contributed by atoms with E-state index in [1.165, 1.54) is 7.11 Å². The number of carbonyl (C=O) groups excluding carboxylic acids is 1. The summed E-state index contributed by atoms with van der Waals surface area (Å²) in [7, 11) is 1.46. The molecular weight excluding hydrogens is 268 g/mol. The van der Waals surface area contributed by atoms with Gasteiger partial charge in [0, 0.05) is 18.6 Å². The first kappa shape index (κ1) is 18.4. The van der Waals surface area contributed by atoms with Crippen molar-refractivity contribution in [2.75, 3.05) is 33.4 Å². The number of morpholine rings is 1. The third kappa shape index (κ3) is 5.93. The molecule has 0 bridgehead atoms. The molecular formula is C16H32N2O3. The third-order valence-electron chi connectivity index (χ3n) is 4.12. The van der Waals surface area contributed by atoms with Gasteiger partial charge in [-0.3, -0.25) is 15.0 Å². The van der Waals surface area contributed by atoms with E-state index in [1.807, 2.05) is 6.92 Å². The van der Waals surface area contributed by atoms with Crippen molar-refractivity contribution in [2.24, 2.45) is 0 Å². The van der Waals surface area contributed by atoms with E-state index in [-0.39, 0.29) is 12.0 Å². The molecule has 0 spiro atoms. The highest BCUT2D eigenvalue weighted by molar-refractivity contribution is 5.80. The van der Waals surface area contributed by atoms with Crippen molar-refractivity contribution >= 4 is 5.97 Å². The largest absolute Gasteiger partial charge is 0.468 e. The van der Waals surface area contributed by atoms with Gasteiger partial charge in [0.1, 0.15) is 5.54 Å². The highest BCUT2D eigenvalue weighted by Crippen LogP contribution is 2.18. The van der Waals surface area contributed by atoms with Gasteiger partial charge in [-0.05, 0) is 53.5 Å². The van der Waals surface area contributed by atoms with E-state index in [2.05, 4.69) is 31.0 Å². The molecule has 1 saturated heterocycles. The minimum atomic E-state index is -0.584. The number of hydrogen-bond donors (Lipinski definition) is 1. The highest BCUT2D eigenvalue weighted by Gasteiger charge is 2.34. The second-order valence-electron chi connectivity index (χ2n) is 6.54. The van der Waals surface area contributed by atoms with Crippen LogP contribution in [0, 0.1) is 0 Å². The topological polar surface area (TPSA) is 50.8 Å². The number of nitrogens with one attached hydrogen (secondary N) is 1. The number of nitrogens with zero attached hydrogens (tertiary/aromatic N) is 1. The molecule has 1 N–H and O–H groups in total. The number of methoxy groups -OCH3 is 1. The van der Waals surface area contributed by atoms with E-state index >= 15 is 0 Å². The number of ether oxygens (including phenoxy) is 2. The summed E-state index contributed by atoms with van der Waals surface area (Å²) in [5, 5.41) is 3.35. The molecule has 1 aliphatic rings. The molecule has 5 nitrogen and oxygen atoms in total. The first-order chi connectivity index (χ1) is 9.89. The Hall–Kier alpha value is -0.650. The summed E-state index contributed by atoms with van der Waals surface area (Å²) in [4.78, 5) is 14.5. The Kier molecular flexibility index (Phi) is 7.63. The van der Waals surface area contributed by atoms with Crippen LogP contribution >= 0.6 is 0 Å². The summed E-state index contributed by atoms with van der Waals surface area (Å²) in [6.07, 6.45) is 2.91. The normalized spacial score (nSPS) is 23.0. The molecule has 1 heterocycles. The summed E-state index contributed by atoms with van der Waals surface area (Å²) in [5.74, 6) is -0.170. The molecule has 21 heavy (non-hydrogen) atoms. The molecule has 5 heteroatoms. The third-order valence-corrected chi connectivity index (χ3v) is 4.12. The Morgan fingerprint density at radius 1 is 1.48 bits per heavy atom. The lowest BCUT2D eigenvalue weighted by Gasteiger charge is -2.34. The number of carbonyl (C=O) groups is 1. The molecule has 0 aliphatic carbocycles. The second kappa shape index (κ2) is 8.71. The number of rotatable bonds is 8. The molecule has 124 valence electrons. The van der Waals surface area contributed by atoms with Gasteiger partial charge in [0.05, 0.1) is 20.3 Å². The molecule has 1 fully saturated rings. The van der Waals surface area contributed by atoms with Crippen molar-refractivity contribution in [3.8, 4) is 0 Å². The average molecular weight is 300 g/mol. The van der Waals surface area contributed by atoms with Crippen LogP contribution in [0.4, 0.5) is 0 Å². The van der Waals surface area contributed by atoms with Crippen LogP contribution in [-0.2, 0) is 14.3 Å². The van der Waals surface area contributed by atoms with Crippen molar-refractivity contribution in [1.29, 1.82) is 0 Å². The van der Waals surface area contributed by atoms with Gasteiger partial charge >= 0.3 is 5.97 Å². The highest BCUT2D eigenvalue weighted by atomic mass is 16.5. The van der Waals surface area contributed by atoms with Gasteiger partial charge in [-0.25, -0.2) is 0 Å². The fourth-order valence-corrected chi connectivity index (χ4v) is 2.98. The summed E-state index contributed by atoms with van der Waals surface area (Å²) >= 11 is 0. The standard InChI is InChI=1S/C16H32N2O3/c1-13(2)17-16(4,15(19)20-5)8-6-7-9-18-10-11-21-12-14(18)3/h13-14,17H,6-12H2,1-5H3. The lowest BCUT2D eigenvalue weighted by Crippen LogP contribution is -2.53. The van der Waals surface area contributed by atoms with Crippen LogP contribution < -0.4 is 5.32 Å². The Morgan fingerprint density at radius 2 is 2.19 bits per heavy atom. The van der Waals surface area contributed by atoms with E-state index in [4.69, 9.17) is 9.47 Å². The molecule has 2 unspecified atom stereocenters. The molecule has 0 aromatic heterocycles. The van der Waals surface area contributed by atoms with Crippen LogP contribution in [0.15, 0.2) is 0 Å². The zero-order valence-corrected chi connectivity index (χ0v) is 14.3. The smallest absolute Gasteiger partial charge is 0.325 e. The van der Waals surface area contributed by atoms with Gasteiger partial charge in [-0.1, -0.05) is 0 Å². The molecule has 1 rings (SSSR count). The lowest BCUT2D eigenvalue weighted by molar-refractivity contribution is -0.148. The zero-order valence-electron chi connectivity index (χ0n) is 14.3. The maximum atomic E-state index is 12.0. The average Bonchev–Trinajstić information content (AvgIpc) is 2.43. The first-order valence-corrected chi connectivity index (χ1v) is 8.07. The Balaban J connectivity index is 2.37. The Labute approximate surface area is 129 Å². The van der Waals surface area contributed by atoms with E-state index < -0.39 is 5.54 Å². The number of unbranched alkanes of at least 4 members (excludes halogenated alkanes) is 1. The predicted octanol–water partition coefficient (Wildman–Crippen LogP) is 1.81. The van der Waals surface area contributed by atoms with E-state index in [0.717, 1.165) is 45.6 Å². The summed E-state index contributed by atoms with van der Waals surface area (Å²) in [6.45, 7) is 12.0. The Bertz CT molecular complexity index is 323. The first-order valence-electron chi connectivity index (χ1n) is 8.07. The van der Waals surface area contributed by atoms with Crippen molar-refractivity contribution in [1.82, 2.24) is 10.2 Å². The minimum Gasteiger partial charge on any atom is -0.468 e. The van der Waals surface area contributed by atoms with Crippen LogP contribution in [0.2, 0.25) is 0 Å². The summed E-state index contributed by atoms with van der Waals surface area (Å²) in [6, 6.07) is 0.757. The zero-order chi connectivity index (χ0) is 15.9. The molecule has 0 radical (unpaired) electrons. The maximum Gasteiger partial charge on any atom is 0.325 e. The van der Waals surface area contributed by atoms with Crippen LogP contribution in [-0.4, -0.2) is 61.9 Å². The Morgan fingerprint density at radius 3 is 2.76 bits per heavy atom. The summed E-state index contributed by atoms with van der Waals surface area (Å²) < 4.78 is 10.4. The van der Waals surface area contributed by atoms with Gasteiger partial charge in [-0.15, -0.1) is 0 Å².